The van der Waals surface area contributed by atoms with Gasteiger partial charge >= 0.3 is 0 Å². The van der Waals surface area contributed by atoms with Crippen LogP contribution >= 0.6 is 0 Å². The topological polar surface area (TPSA) is 66.3 Å². The van der Waals surface area contributed by atoms with Crippen molar-refractivity contribution in [1.29, 1.82) is 0 Å². The molecule has 1 saturated heterocycles. The number of ether oxygens (including phenoxy) is 1. The Morgan fingerprint density at radius 1 is 1.30 bits per heavy atom. The third-order valence-electron chi connectivity index (χ3n) is 4.12. The minimum absolute atomic E-state index is 0.321. The molecular weight excluding hydrogens is 292 g/mol. The Hall–Kier alpha value is -1.63. The minimum atomic E-state index is 0.321. The molecule has 2 aromatic heterocycles. The van der Waals surface area contributed by atoms with Crippen LogP contribution in [-0.4, -0.2) is 53.5 Å². The first-order valence-electron chi connectivity index (χ1n) is 8.29. The van der Waals surface area contributed by atoms with Crippen LogP contribution in [0.2, 0.25) is 0 Å². The molecule has 0 aromatic carbocycles. The molecule has 126 valence electrons. The van der Waals surface area contributed by atoms with Gasteiger partial charge in [-0.25, -0.2) is 0 Å². The zero-order valence-electron chi connectivity index (χ0n) is 14.1. The lowest BCUT2D eigenvalue weighted by molar-refractivity contribution is -0.0674. The van der Waals surface area contributed by atoms with Crippen molar-refractivity contribution in [3.63, 3.8) is 0 Å². The fourth-order valence-corrected chi connectivity index (χ4v) is 3.15. The molecule has 3 rings (SSSR count). The van der Waals surface area contributed by atoms with Gasteiger partial charge < -0.3 is 14.5 Å². The second-order valence-electron chi connectivity index (χ2n) is 6.37. The van der Waals surface area contributed by atoms with Crippen molar-refractivity contribution >= 4 is 0 Å². The van der Waals surface area contributed by atoms with Crippen molar-refractivity contribution in [3.8, 4) is 11.5 Å². The number of nitrogens with one attached hydrogen (secondary N) is 2. The van der Waals surface area contributed by atoms with E-state index in [1.165, 1.54) is 0 Å². The molecule has 3 heterocycles. The predicted octanol–water partition coefficient (Wildman–Crippen LogP) is 2.18. The Bertz CT molecular complexity index is 612. The lowest BCUT2D eigenvalue weighted by atomic mass is 10.2. The van der Waals surface area contributed by atoms with E-state index < -0.39 is 0 Å². The third-order valence-corrected chi connectivity index (χ3v) is 4.12. The summed E-state index contributed by atoms with van der Waals surface area (Å²) in [5, 5.41) is 10.7. The Kier molecular flexibility index (Phi) is 5.15. The molecule has 0 bridgehead atoms. The standard InChI is InChI=1S/C17H26N4O2/c1-12-4-5-16(23-12)17-15(9-19-20-17)8-18-6-7-21-10-13(2)22-14(3)11-21/h4-5,9,13-14,18H,6-8,10-11H2,1-3H3,(H,19,20). The fourth-order valence-electron chi connectivity index (χ4n) is 3.15. The number of morpholine rings is 1. The van der Waals surface area contributed by atoms with E-state index in [2.05, 4.69) is 34.3 Å². The van der Waals surface area contributed by atoms with E-state index in [4.69, 9.17) is 9.15 Å². The summed E-state index contributed by atoms with van der Waals surface area (Å²) in [6, 6.07) is 3.94. The van der Waals surface area contributed by atoms with Gasteiger partial charge in [-0.2, -0.15) is 5.10 Å². The molecule has 0 saturated carbocycles. The lowest BCUT2D eigenvalue weighted by Gasteiger charge is -2.35. The maximum Gasteiger partial charge on any atom is 0.152 e. The summed E-state index contributed by atoms with van der Waals surface area (Å²) < 4.78 is 11.4. The van der Waals surface area contributed by atoms with Crippen LogP contribution in [0.1, 0.15) is 25.2 Å². The monoisotopic (exact) mass is 318 g/mol. The van der Waals surface area contributed by atoms with Crippen LogP contribution in [0.15, 0.2) is 22.7 Å². The molecule has 6 nitrogen and oxygen atoms in total. The Morgan fingerprint density at radius 3 is 2.78 bits per heavy atom. The normalized spacial score (nSPS) is 22.6. The van der Waals surface area contributed by atoms with E-state index in [-0.39, 0.29) is 0 Å². The van der Waals surface area contributed by atoms with Gasteiger partial charge in [-0.05, 0) is 32.9 Å². The Morgan fingerprint density at radius 2 is 2.09 bits per heavy atom. The van der Waals surface area contributed by atoms with Crippen molar-refractivity contribution < 1.29 is 9.15 Å². The highest BCUT2D eigenvalue weighted by atomic mass is 16.5. The first-order chi connectivity index (χ1) is 11.1. The van der Waals surface area contributed by atoms with Gasteiger partial charge in [0.1, 0.15) is 11.5 Å². The summed E-state index contributed by atoms with van der Waals surface area (Å²) in [5.74, 6) is 1.75. The van der Waals surface area contributed by atoms with Crippen LogP contribution in [0.5, 0.6) is 0 Å². The van der Waals surface area contributed by atoms with Gasteiger partial charge in [0.25, 0.3) is 0 Å². The van der Waals surface area contributed by atoms with Gasteiger partial charge in [-0.3, -0.25) is 10.00 Å². The van der Waals surface area contributed by atoms with Crippen LogP contribution < -0.4 is 5.32 Å². The molecule has 2 atom stereocenters. The van der Waals surface area contributed by atoms with Gasteiger partial charge in [-0.1, -0.05) is 0 Å². The maximum absolute atomic E-state index is 5.76. The van der Waals surface area contributed by atoms with Crippen molar-refractivity contribution in [2.75, 3.05) is 26.2 Å². The van der Waals surface area contributed by atoms with E-state index in [1.807, 2.05) is 25.3 Å². The van der Waals surface area contributed by atoms with Crippen molar-refractivity contribution in [3.05, 3.63) is 29.7 Å². The number of hydrogen-bond acceptors (Lipinski definition) is 5. The number of aryl methyl sites for hydroxylation is 1. The maximum atomic E-state index is 5.76. The van der Waals surface area contributed by atoms with Gasteiger partial charge in [0.05, 0.1) is 18.4 Å². The number of nitrogens with zero attached hydrogens (tertiary/aromatic N) is 2. The molecule has 2 aromatic rings. The summed E-state index contributed by atoms with van der Waals surface area (Å²) in [6.07, 6.45) is 2.50. The van der Waals surface area contributed by atoms with E-state index in [1.54, 1.807) is 0 Å². The van der Waals surface area contributed by atoms with Crippen molar-refractivity contribution in [2.24, 2.45) is 0 Å². The lowest BCUT2D eigenvalue weighted by Crippen LogP contribution is -2.47. The molecule has 2 unspecified atom stereocenters. The molecule has 6 heteroatoms. The average molecular weight is 318 g/mol. The summed E-state index contributed by atoms with van der Waals surface area (Å²) in [4.78, 5) is 2.46. The van der Waals surface area contributed by atoms with E-state index in [0.29, 0.717) is 12.2 Å². The summed E-state index contributed by atoms with van der Waals surface area (Å²) in [6.45, 7) is 11.0. The fraction of sp³-hybridized carbons (Fsp3) is 0.588. The minimum Gasteiger partial charge on any atom is -0.460 e. The molecule has 0 aliphatic carbocycles. The predicted molar refractivity (Wildman–Crippen MR) is 89.2 cm³/mol. The first-order valence-corrected chi connectivity index (χ1v) is 8.29. The van der Waals surface area contributed by atoms with Gasteiger partial charge in [-0.15, -0.1) is 0 Å². The first kappa shape index (κ1) is 16.2. The van der Waals surface area contributed by atoms with Crippen LogP contribution in [-0.2, 0) is 11.3 Å². The summed E-state index contributed by atoms with van der Waals surface area (Å²) in [5.41, 5.74) is 2.09. The molecular formula is C17H26N4O2. The highest BCUT2D eigenvalue weighted by Gasteiger charge is 2.21. The second kappa shape index (κ2) is 7.29. The third kappa shape index (κ3) is 4.22. The summed E-state index contributed by atoms with van der Waals surface area (Å²) >= 11 is 0. The van der Waals surface area contributed by atoms with E-state index in [9.17, 15) is 0 Å². The number of furan rings is 1. The molecule has 2 N–H and O–H groups in total. The van der Waals surface area contributed by atoms with Crippen LogP contribution in [0.25, 0.3) is 11.5 Å². The molecule has 1 fully saturated rings. The van der Waals surface area contributed by atoms with Crippen molar-refractivity contribution in [2.45, 2.75) is 39.5 Å². The SMILES string of the molecule is Cc1ccc(-c2[nH]ncc2CNCCN2CC(C)OC(C)C2)o1. The number of aromatic amines is 1. The average Bonchev–Trinajstić information content (AvgIpc) is 3.11. The zero-order valence-corrected chi connectivity index (χ0v) is 14.1. The zero-order chi connectivity index (χ0) is 16.2. The molecule has 1 aliphatic rings. The molecule has 0 amide bonds. The van der Waals surface area contributed by atoms with Crippen molar-refractivity contribution in [1.82, 2.24) is 20.4 Å². The largest absolute Gasteiger partial charge is 0.460 e. The Labute approximate surface area is 137 Å². The van der Waals surface area contributed by atoms with Crippen LogP contribution in [0.4, 0.5) is 0 Å². The molecule has 0 radical (unpaired) electrons. The highest BCUT2D eigenvalue weighted by molar-refractivity contribution is 5.56. The number of rotatable bonds is 6. The summed E-state index contributed by atoms with van der Waals surface area (Å²) in [7, 11) is 0. The van der Waals surface area contributed by atoms with Crippen LogP contribution in [0, 0.1) is 6.92 Å². The van der Waals surface area contributed by atoms with E-state index in [0.717, 1.165) is 55.5 Å². The van der Waals surface area contributed by atoms with Gasteiger partial charge in [0.15, 0.2) is 5.76 Å². The quantitative estimate of drug-likeness (QED) is 0.799. The van der Waals surface area contributed by atoms with E-state index >= 15 is 0 Å². The number of hydrogen-bond donors (Lipinski definition) is 2. The smallest absolute Gasteiger partial charge is 0.152 e. The number of aromatic nitrogens is 2. The van der Waals surface area contributed by atoms with Crippen LogP contribution in [0.3, 0.4) is 0 Å². The highest BCUT2D eigenvalue weighted by Crippen LogP contribution is 2.23. The van der Waals surface area contributed by atoms with Gasteiger partial charge in [0, 0.05) is 38.3 Å². The second-order valence-corrected chi connectivity index (χ2v) is 6.37. The molecule has 23 heavy (non-hydrogen) atoms. The molecule has 0 spiro atoms. The number of H-pyrrole nitrogens is 1. The molecule has 1 aliphatic heterocycles. The van der Waals surface area contributed by atoms with Gasteiger partial charge in [0.2, 0.25) is 0 Å². The Balaban J connectivity index is 1.47.